The largest absolute Gasteiger partial charge is 0.299 e. The Labute approximate surface area is 172 Å². The van der Waals surface area contributed by atoms with Gasteiger partial charge in [0.15, 0.2) is 0 Å². The van der Waals surface area contributed by atoms with Gasteiger partial charge in [-0.15, -0.1) is 10.2 Å². The zero-order valence-corrected chi connectivity index (χ0v) is 17.4. The number of hydrogen-bond acceptors (Lipinski definition) is 6. The molecular formula is C19H19FN4O3S2. The van der Waals surface area contributed by atoms with Gasteiger partial charge < -0.3 is 0 Å². The molecule has 1 atom stereocenters. The van der Waals surface area contributed by atoms with Crippen molar-refractivity contribution >= 4 is 38.1 Å². The highest BCUT2D eigenvalue weighted by Crippen LogP contribution is 2.27. The minimum Gasteiger partial charge on any atom is -0.299 e. The van der Waals surface area contributed by atoms with E-state index in [4.69, 9.17) is 0 Å². The smallest absolute Gasteiger partial charge is 0.250 e. The Balaban J connectivity index is 1.85. The summed E-state index contributed by atoms with van der Waals surface area (Å²) in [5.41, 5.74) is 1.07. The monoisotopic (exact) mass is 434 g/mol. The van der Waals surface area contributed by atoms with Crippen LogP contribution in [-0.2, 0) is 14.8 Å². The van der Waals surface area contributed by atoms with Crippen molar-refractivity contribution in [1.82, 2.24) is 10.2 Å². The van der Waals surface area contributed by atoms with Gasteiger partial charge in [0.25, 0.3) is 0 Å². The predicted molar refractivity (Wildman–Crippen MR) is 112 cm³/mol. The molecule has 0 aliphatic rings. The molecule has 1 heterocycles. The zero-order chi connectivity index (χ0) is 21.0. The molecule has 3 rings (SSSR count). The molecule has 1 amide bonds. The molecule has 152 valence electrons. The van der Waals surface area contributed by atoms with Gasteiger partial charge in [-0.1, -0.05) is 48.6 Å². The second-order valence-electron chi connectivity index (χ2n) is 6.23. The second kappa shape index (κ2) is 8.66. The lowest BCUT2D eigenvalue weighted by atomic mass is 10.2. The van der Waals surface area contributed by atoms with E-state index >= 15 is 0 Å². The van der Waals surface area contributed by atoms with Gasteiger partial charge in [0.2, 0.25) is 21.1 Å². The summed E-state index contributed by atoms with van der Waals surface area (Å²) >= 11 is 1.19. The van der Waals surface area contributed by atoms with Crippen LogP contribution in [0.25, 0.3) is 10.6 Å². The van der Waals surface area contributed by atoms with Crippen LogP contribution >= 0.6 is 11.3 Å². The molecule has 0 radical (unpaired) electrons. The molecule has 0 bridgehead atoms. The van der Waals surface area contributed by atoms with Crippen molar-refractivity contribution in [3.05, 3.63) is 60.4 Å². The van der Waals surface area contributed by atoms with E-state index in [1.54, 1.807) is 6.92 Å². The average Bonchev–Trinajstić information content (AvgIpc) is 3.15. The van der Waals surface area contributed by atoms with E-state index in [0.717, 1.165) is 28.3 Å². The lowest BCUT2D eigenvalue weighted by Gasteiger charge is -2.29. The molecule has 3 aromatic rings. The lowest BCUT2D eigenvalue weighted by Crippen LogP contribution is -2.47. The molecule has 0 aliphatic heterocycles. The van der Waals surface area contributed by atoms with Crippen molar-refractivity contribution < 1.29 is 17.6 Å². The molecule has 29 heavy (non-hydrogen) atoms. The van der Waals surface area contributed by atoms with E-state index in [1.165, 1.54) is 23.5 Å². The Kier molecular flexibility index (Phi) is 6.23. The first-order valence-corrected chi connectivity index (χ1v) is 11.4. The van der Waals surface area contributed by atoms with Crippen LogP contribution < -0.4 is 9.62 Å². The first kappa shape index (κ1) is 20.9. The van der Waals surface area contributed by atoms with Crippen molar-refractivity contribution in [3.8, 4) is 10.6 Å². The molecule has 0 aliphatic carbocycles. The number of carbonyl (C=O) groups is 1. The Hall–Kier alpha value is -2.85. The molecule has 0 spiro atoms. The minimum atomic E-state index is -3.80. The van der Waals surface area contributed by atoms with Crippen molar-refractivity contribution in [2.45, 2.75) is 19.4 Å². The SMILES string of the molecule is CC[C@@H](C(=O)Nc1nnc(-c2ccccc2)s1)N(c1ccc(F)cc1)S(C)(=O)=O. The summed E-state index contributed by atoms with van der Waals surface area (Å²) in [6, 6.07) is 13.3. The van der Waals surface area contributed by atoms with Gasteiger partial charge >= 0.3 is 0 Å². The normalized spacial score (nSPS) is 12.4. The molecule has 1 N–H and O–H groups in total. The molecule has 7 nitrogen and oxygen atoms in total. The molecule has 0 saturated heterocycles. The maximum absolute atomic E-state index is 13.3. The summed E-state index contributed by atoms with van der Waals surface area (Å²) in [5.74, 6) is -1.04. The second-order valence-corrected chi connectivity index (χ2v) is 9.06. The topological polar surface area (TPSA) is 92.3 Å². The molecular weight excluding hydrogens is 415 g/mol. The maximum atomic E-state index is 13.3. The fourth-order valence-electron chi connectivity index (χ4n) is 2.81. The summed E-state index contributed by atoms with van der Waals surface area (Å²) in [5, 5.41) is 11.6. The van der Waals surface area contributed by atoms with Crippen LogP contribution in [-0.4, -0.2) is 36.8 Å². The van der Waals surface area contributed by atoms with Gasteiger partial charge in [-0.2, -0.15) is 0 Å². The summed E-state index contributed by atoms with van der Waals surface area (Å²) in [6.07, 6.45) is 1.21. The van der Waals surface area contributed by atoms with Crippen molar-refractivity contribution in [2.24, 2.45) is 0 Å². The minimum absolute atomic E-state index is 0.207. The molecule has 2 aromatic carbocycles. The maximum Gasteiger partial charge on any atom is 0.250 e. The zero-order valence-electron chi connectivity index (χ0n) is 15.7. The Morgan fingerprint density at radius 1 is 1.14 bits per heavy atom. The number of benzene rings is 2. The standard InChI is InChI=1S/C19H19FN4O3S2/c1-3-16(24(29(2,26)27)15-11-9-14(20)10-12-15)17(25)21-19-23-22-18(28-19)13-7-5-4-6-8-13/h4-12,16H,3H2,1-2H3,(H,21,23,25)/t16-/m0/s1. The van der Waals surface area contributed by atoms with Gasteiger partial charge in [0.05, 0.1) is 11.9 Å². The van der Waals surface area contributed by atoms with Crippen LogP contribution in [0.15, 0.2) is 54.6 Å². The fourth-order valence-corrected chi connectivity index (χ4v) is 4.77. The molecule has 0 fully saturated rings. The average molecular weight is 435 g/mol. The van der Waals surface area contributed by atoms with E-state index in [2.05, 4.69) is 15.5 Å². The van der Waals surface area contributed by atoms with Gasteiger partial charge in [-0.25, -0.2) is 12.8 Å². The highest BCUT2D eigenvalue weighted by atomic mass is 32.2. The Bertz CT molecular complexity index is 1090. The number of nitrogens with one attached hydrogen (secondary N) is 1. The third-order valence-corrected chi connectivity index (χ3v) is 6.15. The van der Waals surface area contributed by atoms with Crippen LogP contribution in [0.3, 0.4) is 0 Å². The number of rotatable bonds is 7. The van der Waals surface area contributed by atoms with E-state index < -0.39 is 27.8 Å². The quantitative estimate of drug-likeness (QED) is 0.614. The van der Waals surface area contributed by atoms with Crippen LogP contribution in [0.2, 0.25) is 0 Å². The summed E-state index contributed by atoms with van der Waals surface area (Å²) in [6.45, 7) is 1.70. The van der Waals surface area contributed by atoms with E-state index in [-0.39, 0.29) is 17.2 Å². The lowest BCUT2D eigenvalue weighted by molar-refractivity contribution is -0.117. The first-order valence-electron chi connectivity index (χ1n) is 8.74. The predicted octanol–water partition coefficient (Wildman–Crippen LogP) is 3.53. The van der Waals surface area contributed by atoms with Crippen LogP contribution in [0.5, 0.6) is 0 Å². The number of hydrogen-bond donors (Lipinski definition) is 1. The highest BCUT2D eigenvalue weighted by molar-refractivity contribution is 7.92. The number of amides is 1. The number of nitrogens with zero attached hydrogens (tertiary/aromatic N) is 3. The molecule has 1 aromatic heterocycles. The van der Waals surface area contributed by atoms with Crippen LogP contribution in [0.4, 0.5) is 15.2 Å². The fraction of sp³-hybridized carbons (Fsp3) is 0.211. The van der Waals surface area contributed by atoms with Crippen molar-refractivity contribution in [1.29, 1.82) is 0 Å². The summed E-state index contributed by atoms with van der Waals surface area (Å²) < 4.78 is 39.0. The van der Waals surface area contributed by atoms with E-state index in [1.807, 2.05) is 30.3 Å². The van der Waals surface area contributed by atoms with Gasteiger partial charge in [-0.05, 0) is 30.7 Å². The summed E-state index contributed by atoms with van der Waals surface area (Å²) in [7, 11) is -3.80. The van der Waals surface area contributed by atoms with Crippen LogP contribution in [0, 0.1) is 5.82 Å². The molecule has 0 saturated carbocycles. The van der Waals surface area contributed by atoms with Crippen LogP contribution in [0.1, 0.15) is 13.3 Å². The Morgan fingerprint density at radius 3 is 2.38 bits per heavy atom. The third kappa shape index (κ3) is 4.96. The molecule has 10 heteroatoms. The van der Waals surface area contributed by atoms with Gasteiger partial charge in [-0.3, -0.25) is 14.4 Å². The third-order valence-electron chi connectivity index (χ3n) is 4.09. The number of aromatic nitrogens is 2. The van der Waals surface area contributed by atoms with Gasteiger partial charge in [0.1, 0.15) is 16.9 Å². The van der Waals surface area contributed by atoms with E-state index in [0.29, 0.717) is 5.01 Å². The van der Waals surface area contributed by atoms with E-state index in [9.17, 15) is 17.6 Å². The highest BCUT2D eigenvalue weighted by Gasteiger charge is 2.32. The Morgan fingerprint density at radius 2 is 1.79 bits per heavy atom. The van der Waals surface area contributed by atoms with Gasteiger partial charge in [0, 0.05) is 5.56 Å². The summed E-state index contributed by atoms with van der Waals surface area (Å²) in [4.78, 5) is 12.9. The molecule has 0 unspecified atom stereocenters. The van der Waals surface area contributed by atoms with Crippen molar-refractivity contribution in [2.75, 3.05) is 15.9 Å². The number of anilines is 2. The number of halogens is 1. The number of carbonyl (C=O) groups excluding carboxylic acids is 1. The first-order chi connectivity index (χ1) is 13.8. The van der Waals surface area contributed by atoms with Crippen molar-refractivity contribution in [3.63, 3.8) is 0 Å². The number of sulfonamides is 1.